The summed E-state index contributed by atoms with van der Waals surface area (Å²) in [6, 6.07) is 7.55. The lowest BCUT2D eigenvalue weighted by atomic mass is 9.87. The molecule has 1 aromatic heterocycles. The number of hydrazine groups is 1. The second-order valence-corrected chi connectivity index (χ2v) is 9.54. The Morgan fingerprint density at radius 2 is 2.04 bits per heavy atom. The zero-order chi connectivity index (χ0) is 19.6. The van der Waals surface area contributed by atoms with E-state index in [4.69, 9.17) is 0 Å². The molecule has 0 bridgehead atoms. The molecule has 27 heavy (non-hydrogen) atoms. The van der Waals surface area contributed by atoms with E-state index in [0.29, 0.717) is 16.4 Å². The number of carbonyl (C=O) groups is 2. The normalized spacial score (nSPS) is 16.6. The third kappa shape index (κ3) is 4.45. The third-order valence-electron chi connectivity index (χ3n) is 4.84. The lowest BCUT2D eigenvalue weighted by Crippen LogP contribution is -2.41. The predicted molar refractivity (Wildman–Crippen MR) is 104 cm³/mol. The Bertz CT molecular complexity index is 979. The number of hydrogen-bond donors (Lipinski definition) is 2. The van der Waals surface area contributed by atoms with Crippen molar-refractivity contribution in [3.05, 3.63) is 51.2 Å². The van der Waals surface area contributed by atoms with Gasteiger partial charge in [0.2, 0.25) is 0 Å². The van der Waals surface area contributed by atoms with E-state index in [1.165, 1.54) is 46.9 Å². The van der Waals surface area contributed by atoms with Gasteiger partial charge in [0.25, 0.3) is 15.9 Å². The summed E-state index contributed by atoms with van der Waals surface area (Å²) in [5.74, 6) is -0.0607. The van der Waals surface area contributed by atoms with Crippen LogP contribution in [0.15, 0.2) is 35.2 Å². The summed E-state index contributed by atoms with van der Waals surface area (Å²) >= 11 is 1.42. The molecule has 1 atom stereocenters. The van der Waals surface area contributed by atoms with Crippen LogP contribution in [0.3, 0.4) is 0 Å². The molecule has 8 heteroatoms. The average molecular weight is 407 g/mol. The standard InChI is InChI=1S/C19H22N2O4S2/c1-3-13-7-8-17-15(9-13)11-18(26-17)19(23)20-21-27(24,25)16-6-4-5-14(10-16)12(2)22/h4-6,10-11,13,21H,3,7-9H2,1-2H3,(H,20,23)/t13-/m0/s1. The summed E-state index contributed by atoms with van der Waals surface area (Å²) in [5, 5.41) is 0. The number of nitrogens with one attached hydrogen (secondary N) is 2. The van der Waals surface area contributed by atoms with Crippen LogP contribution in [0.2, 0.25) is 0 Å². The molecule has 2 aromatic rings. The molecule has 2 N–H and O–H groups in total. The first-order chi connectivity index (χ1) is 12.8. The number of rotatable bonds is 6. The van der Waals surface area contributed by atoms with Crippen molar-refractivity contribution in [1.29, 1.82) is 0 Å². The molecule has 1 aliphatic rings. The van der Waals surface area contributed by atoms with Crippen molar-refractivity contribution in [1.82, 2.24) is 10.3 Å². The number of thiophene rings is 1. The van der Waals surface area contributed by atoms with Gasteiger partial charge in [-0.25, -0.2) is 8.42 Å². The molecule has 1 aliphatic carbocycles. The molecular formula is C19H22N2O4S2. The molecule has 0 saturated heterocycles. The Labute approximate surface area is 163 Å². The Morgan fingerprint density at radius 3 is 2.74 bits per heavy atom. The molecular weight excluding hydrogens is 384 g/mol. The largest absolute Gasteiger partial charge is 0.295 e. The van der Waals surface area contributed by atoms with Crippen molar-refractivity contribution in [3.8, 4) is 0 Å². The Morgan fingerprint density at radius 1 is 1.26 bits per heavy atom. The Kier molecular flexibility index (Phi) is 5.78. The number of ketones is 1. The molecule has 0 unspecified atom stereocenters. The maximum atomic E-state index is 12.4. The van der Waals surface area contributed by atoms with Gasteiger partial charge in [-0.2, -0.15) is 0 Å². The first kappa shape index (κ1) is 19.7. The van der Waals surface area contributed by atoms with Gasteiger partial charge in [0.1, 0.15) is 0 Å². The minimum absolute atomic E-state index is 0.0771. The number of Topliss-reactive ketones (excluding diaryl/α,β-unsaturated/α-hetero) is 1. The van der Waals surface area contributed by atoms with Crippen molar-refractivity contribution >= 4 is 33.1 Å². The summed E-state index contributed by atoms with van der Waals surface area (Å²) < 4.78 is 24.8. The monoisotopic (exact) mass is 406 g/mol. The first-order valence-corrected chi connectivity index (χ1v) is 11.1. The van der Waals surface area contributed by atoms with Crippen LogP contribution in [-0.2, 0) is 22.9 Å². The van der Waals surface area contributed by atoms with E-state index >= 15 is 0 Å². The lowest BCUT2D eigenvalue weighted by molar-refractivity contribution is 0.0948. The van der Waals surface area contributed by atoms with E-state index in [1.807, 2.05) is 6.07 Å². The maximum absolute atomic E-state index is 12.4. The van der Waals surface area contributed by atoms with E-state index in [2.05, 4.69) is 17.2 Å². The van der Waals surface area contributed by atoms with Crippen molar-refractivity contribution in [2.24, 2.45) is 5.92 Å². The highest BCUT2D eigenvalue weighted by atomic mass is 32.2. The van der Waals surface area contributed by atoms with Gasteiger partial charge in [0, 0.05) is 10.4 Å². The molecule has 1 amide bonds. The number of sulfonamides is 1. The molecule has 6 nitrogen and oxygen atoms in total. The summed E-state index contributed by atoms with van der Waals surface area (Å²) in [6.07, 6.45) is 4.19. The van der Waals surface area contributed by atoms with Gasteiger partial charge in [-0.3, -0.25) is 15.0 Å². The molecule has 144 valence electrons. The van der Waals surface area contributed by atoms with Gasteiger partial charge in [-0.1, -0.05) is 25.5 Å². The highest BCUT2D eigenvalue weighted by Gasteiger charge is 2.23. The number of hydrogen-bond acceptors (Lipinski definition) is 5. The molecule has 0 aliphatic heterocycles. The Hall–Kier alpha value is -2.03. The summed E-state index contributed by atoms with van der Waals surface area (Å²) in [4.78, 5) is 27.6. The lowest BCUT2D eigenvalue weighted by Gasteiger charge is -2.19. The minimum atomic E-state index is -3.96. The topological polar surface area (TPSA) is 92.3 Å². The van der Waals surface area contributed by atoms with E-state index < -0.39 is 15.9 Å². The zero-order valence-electron chi connectivity index (χ0n) is 15.2. The Balaban J connectivity index is 1.69. The van der Waals surface area contributed by atoms with E-state index in [1.54, 1.807) is 6.07 Å². The number of carbonyl (C=O) groups excluding carboxylic acids is 2. The summed E-state index contributed by atoms with van der Waals surface area (Å²) in [5.41, 5.74) is 3.76. The molecule has 0 radical (unpaired) electrons. The van der Waals surface area contributed by atoms with Crippen LogP contribution in [0.5, 0.6) is 0 Å². The van der Waals surface area contributed by atoms with Crippen molar-refractivity contribution in [3.63, 3.8) is 0 Å². The predicted octanol–water partition coefficient (Wildman–Crippen LogP) is 3.09. The maximum Gasteiger partial charge on any atom is 0.276 e. The summed E-state index contributed by atoms with van der Waals surface area (Å²) in [7, 11) is -3.96. The average Bonchev–Trinajstić information content (AvgIpc) is 3.09. The van der Waals surface area contributed by atoms with Crippen molar-refractivity contribution < 1.29 is 18.0 Å². The van der Waals surface area contributed by atoms with E-state index in [-0.39, 0.29) is 10.7 Å². The number of aryl methyl sites for hydroxylation is 1. The van der Waals surface area contributed by atoms with Crippen molar-refractivity contribution in [2.45, 2.75) is 44.4 Å². The highest BCUT2D eigenvalue weighted by Crippen LogP contribution is 2.33. The van der Waals surface area contributed by atoms with E-state index in [9.17, 15) is 18.0 Å². The van der Waals surface area contributed by atoms with Gasteiger partial charge < -0.3 is 0 Å². The molecule has 3 rings (SSSR count). The van der Waals surface area contributed by atoms with Gasteiger partial charge in [-0.05, 0) is 55.9 Å². The number of fused-ring (bicyclic) bond motifs is 1. The van der Waals surface area contributed by atoms with E-state index in [0.717, 1.165) is 25.7 Å². The summed E-state index contributed by atoms with van der Waals surface area (Å²) in [6.45, 7) is 3.54. The van der Waals surface area contributed by atoms with Gasteiger partial charge in [0.05, 0.1) is 9.77 Å². The molecule has 1 aromatic carbocycles. The molecule has 0 saturated carbocycles. The third-order valence-corrected chi connectivity index (χ3v) is 7.32. The van der Waals surface area contributed by atoms with Gasteiger partial charge in [0.15, 0.2) is 5.78 Å². The van der Waals surface area contributed by atoms with Crippen molar-refractivity contribution in [2.75, 3.05) is 0 Å². The van der Waals surface area contributed by atoms with Crippen LogP contribution >= 0.6 is 11.3 Å². The zero-order valence-corrected chi connectivity index (χ0v) is 16.9. The second kappa shape index (κ2) is 7.92. The second-order valence-electron chi connectivity index (χ2n) is 6.72. The fourth-order valence-corrected chi connectivity index (χ4v) is 5.16. The minimum Gasteiger partial charge on any atom is -0.295 e. The number of amides is 1. The quantitative estimate of drug-likeness (QED) is 0.570. The van der Waals surface area contributed by atoms with Crippen LogP contribution < -0.4 is 10.3 Å². The molecule has 0 spiro atoms. The molecule has 1 heterocycles. The van der Waals surface area contributed by atoms with Crippen LogP contribution in [0, 0.1) is 5.92 Å². The van der Waals surface area contributed by atoms with Crippen LogP contribution in [0.25, 0.3) is 0 Å². The number of benzene rings is 1. The fourth-order valence-electron chi connectivity index (χ4n) is 3.18. The van der Waals surface area contributed by atoms with Crippen LogP contribution in [0.4, 0.5) is 0 Å². The first-order valence-electron chi connectivity index (χ1n) is 8.85. The molecule has 0 fully saturated rings. The van der Waals surface area contributed by atoms with Crippen LogP contribution in [0.1, 0.15) is 57.2 Å². The SMILES string of the molecule is CC[C@H]1CCc2sc(C(=O)NNS(=O)(=O)c3cccc(C(C)=O)c3)cc2C1. The smallest absolute Gasteiger partial charge is 0.276 e. The van der Waals surface area contributed by atoms with Crippen LogP contribution in [-0.4, -0.2) is 20.1 Å². The highest BCUT2D eigenvalue weighted by molar-refractivity contribution is 7.89. The van der Waals surface area contributed by atoms with Gasteiger partial charge in [-0.15, -0.1) is 16.2 Å². The fraction of sp³-hybridized carbons (Fsp3) is 0.368. The van der Waals surface area contributed by atoms with Gasteiger partial charge >= 0.3 is 0 Å².